The fourth-order valence-electron chi connectivity index (χ4n) is 2.48. The Hall–Kier alpha value is -1.59. The molecule has 4 nitrogen and oxygen atoms in total. The lowest BCUT2D eigenvalue weighted by atomic mass is 10.1. The molecule has 1 aromatic heterocycles. The normalized spacial score (nSPS) is 17.9. The van der Waals surface area contributed by atoms with Gasteiger partial charge in [0.05, 0.1) is 0 Å². The van der Waals surface area contributed by atoms with Crippen LogP contribution >= 0.6 is 11.3 Å². The Kier molecular flexibility index (Phi) is 2.93. The smallest absolute Gasteiger partial charge is 0.304 e. The Morgan fingerprint density at radius 3 is 3.17 bits per heavy atom. The van der Waals surface area contributed by atoms with E-state index in [0.717, 1.165) is 24.1 Å². The molecular weight excluding hydrogens is 248 g/mol. The number of benzene rings is 1. The molecule has 1 atom stereocenters. The predicted octanol–water partition coefficient (Wildman–Crippen LogP) is 1.92. The Labute approximate surface area is 108 Å². The Morgan fingerprint density at radius 2 is 2.39 bits per heavy atom. The highest BCUT2D eigenvalue weighted by molar-refractivity contribution is 7.07. The number of aromatic hydroxyl groups is 1. The molecule has 2 aromatic rings. The third-order valence-corrected chi connectivity index (χ3v) is 4.07. The van der Waals surface area contributed by atoms with E-state index in [1.54, 1.807) is 6.07 Å². The largest absolute Gasteiger partial charge is 0.508 e. The first-order chi connectivity index (χ1) is 8.74. The lowest BCUT2D eigenvalue weighted by Gasteiger charge is -2.13. The number of hydrogen-bond donors (Lipinski definition) is 3. The van der Waals surface area contributed by atoms with Crippen molar-refractivity contribution in [3.8, 4) is 5.75 Å². The zero-order chi connectivity index (χ0) is 12.5. The van der Waals surface area contributed by atoms with Crippen LogP contribution in [0.15, 0.2) is 28.4 Å². The van der Waals surface area contributed by atoms with E-state index in [1.165, 1.54) is 16.9 Å². The number of aromatic nitrogens is 1. The summed E-state index contributed by atoms with van der Waals surface area (Å²) in [6, 6.07) is 5.92. The molecule has 0 spiro atoms. The van der Waals surface area contributed by atoms with Gasteiger partial charge in [0.1, 0.15) is 5.75 Å². The first-order valence-corrected chi connectivity index (χ1v) is 6.83. The van der Waals surface area contributed by atoms with Crippen molar-refractivity contribution in [3.05, 3.63) is 50.1 Å². The first-order valence-electron chi connectivity index (χ1n) is 5.95. The topological polar surface area (TPSA) is 65.1 Å². The molecule has 1 aliphatic rings. The highest BCUT2D eigenvalue weighted by Gasteiger charge is 2.23. The fourth-order valence-corrected chi connectivity index (χ4v) is 3.06. The highest BCUT2D eigenvalue weighted by atomic mass is 32.1. The molecule has 5 heteroatoms. The average Bonchev–Trinajstić information content (AvgIpc) is 2.94. The van der Waals surface area contributed by atoms with Crippen molar-refractivity contribution in [2.45, 2.75) is 25.4 Å². The van der Waals surface area contributed by atoms with Crippen molar-refractivity contribution < 1.29 is 5.11 Å². The van der Waals surface area contributed by atoms with E-state index in [1.807, 2.05) is 11.4 Å². The zero-order valence-corrected chi connectivity index (χ0v) is 10.6. The Bertz CT molecular complexity index is 617. The monoisotopic (exact) mass is 262 g/mol. The second-order valence-electron chi connectivity index (χ2n) is 4.49. The van der Waals surface area contributed by atoms with Crippen LogP contribution in [0.25, 0.3) is 0 Å². The van der Waals surface area contributed by atoms with Crippen molar-refractivity contribution in [2.75, 3.05) is 0 Å². The SMILES string of the molecule is O=c1[nH]c(CNC2CCc3c(O)cccc32)cs1. The Morgan fingerprint density at radius 1 is 1.50 bits per heavy atom. The molecule has 0 fully saturated rings. The fraction of sp³-hybridized carbons (Fsp3) is 0.308. The van der Waals surface area contributed by atoms with Gasteiger partial charge >= 0.3 is 4.87 Å². The van der Waals surface area contributed by atoms with Crippen LogP contribution in [0.1, 0.15) is 29.3 Å². The highest BCUT2D eigenvalue weighted by Crippen LogP contribution is 2.36. The van der Waals surface area contributed by atoms with Crippen LogP contribution in [-0.2, 0) is 13.0 Å². The summed E-state index contributed by atoms with van der Waals surface area (Å²) in [4.78, 5) is 13.8. The van der Waals surface area contributed by atoms with Gasteiger partial charge in [-0.05, 0) is 30.0 Å². The number of H-pyrrole nitrogens is 1. The molecule has 18 heavy (non-hydrogen) atoms. The van der Waals surface area contributed by atoms with E-state index in [9.17, 15) is 9.90 Å². The molecule has 0 bridgehead atoms. The van der Waals surface area contributed by atoms with E-state index >= 15 is 0 Å². The van der Waals surface area contributed by atoms with Crippen molar-refractivity contribution in [3.63, 3.8) is 0 Å². The number of phenols is 1. The van der Waals surface area contributed by atoms with E-state index in [4.69, 9.17) is 0 Å². The van der Waals surface area contributed by atoms with Crippen LogP contribution in [0.2, 0.25) is 0 Å². The molecule has 1 aromatic carbocycles. The third kappa shape index (κ3) is 2.07. The summed E-state index contributed by atoms with van der Waals surface area (Å²) in [5.41, 5.74) is 3.14. The van der Waals surface area contributed by atoms with Gasteiger partial charge in [-0.2, -0.15) is 0 Å². The molecule has 0 radical (unpaired) electrons. The maximum atomic E-state index is 11.0. The minimum absolute atomic E-state index is 0.0173. The minimum Gasteiger partial charge on any atom is -0.508 e. The second-order valence-corrected chi connectivity index (χ2v) is 5.33. The minimum atomic E-state index is -0.0173. The van der Waals surface area contributed by atoms with Crippen LogP contribution in [0.5, 0.6) is 5.75 Å². The molecule has 1 aliphatic carbocycles. The molecule has 1 heterocycles. The quantitative estimate of drug-likeness (QED) is 0.791. The van der Waals surface area contributed by atoms with Gasteiger partial charge in [-0.25, -0.2) is 0 Å². The lowest BCUT2D eigenvalue weighted by Crippen LogP contribution is -2.19. The lowest BCUT2D eigenvalue weighted by molar-refractivity contribution is 0.469. The van der Waals surface area contributed by atoms with E-state index in [-0.39, 0.29) is 10.9 Å². The maximum Gasteiger partial charge on any atom is 0.304 e. The summed E-state index contributed by atoms with van der Waals surface area (Å²) >= 11 is 1.18. The van der Waals surface area contributed by atoms with E-state index in [2.05, 4.69) is 16.4 Å². The third-order valence-electron chi connectivity index (χ3n) is 3.36. The van der Waals surface area contributed by atoms with Crippen LogP contribution in [0.4, 0.5) is 0 Å². The van der Waals surface area contributed by atoms with Gasteiger partial charge < -0.3 is 15.4 Å². The maximum absolute atomic E-state index is 11.0. The summed E-state index contributed by atoms with van der Waals surface area (Å²) in [6.45, 7) is 0.651. The van der Waals surface area contributed by atoms with Gasteiger partial charge in [-0.3, -0.25) is 4.79 Å². The van der Waals surface area contributed by atoms with Crippen LogP contribution in [0, 0.1) is 0 Å². The summed E-state index contributed by atoms with van der Waals surface area (Å²) in [7, 11) is 0. The predicted molar refractivity (Wildman–Crippen MR) is 70.9 cm³/mol. The molecule has 94 valence electrons. The summed E-state index contributed by atoms with van der Waals surface area (Å²) < 4.78 is 0. The molecule has 1 unspecified atom stereocenters. The van der Waals surface area contributed by atoms with Gasteiger partial charge in [0.25, 0.3) is 0 Å². The van der Waals surface area contributed by atoms with Crippen LogP contribution in [-0.4, -0.2) is 10.1 Å². The van der Waals surface area contributed by atoms with Crippen molar-refractivity contribution in [1.82, 2.24) is 10.3 Å². The number of thiazole rings is 1. The van der Waals surface area contributed by atoms with E-state index < -0.39 is 0 Å². The molecule has 0 amide bonds. The first kappa shape index (κ1) is 11.5. The van der Waals surface area contributed by atoms with E-state index in [0.29, 0.717) is 12.3 Å². The second kappa shape index (κ2) is 4.59. The number of rotatable bonds is 3. The number of phenolic OH excluding ortho intramolecular Hbond substituents is 1. The van der Waals surface area contributed by atoms with Gasteiger partial charge in [0.2, 0.25) is 0 Å². The van der Waals surface area contributed by atoms with Gasteiger partial charge in [-0.1, -0.05) is 23.5 Å². The standard InChI is InChI=1S/C13H14N2O2S/c16-12-3-1-2-9-10(12)4-5-11(9)14-6-8-7-18-13(17)15-8/h1-3,7,11,14,16H,4-6H2,(H,15,17). The molecular formula is C13H14N2O2S. The van der Waals surface area contributed by atoms with Crippen molar-refractivity contribution in [1.29, 1.82) is 0 Å². The van der Waals surface area contributed by atoms with Crippen molar-refractivity contribution >= 4 is 11.3 Å². The summed E-state index contributed by atoms with van der Waals surface area (Å²) in [6.07, 6.45) is 1.89. The Balaban J connectivity index is 1.73. The average molecular weight is 262 g/mol. The zero-order valence-electron chi connectivity index (χ0n) is 9.77. The van der Waals surface area contributed by atoms with Crippen LogP contribution in [0.3, 0.4) is 0 Å². The number of hydrogen-bond acceptors (Lipinski definition) is 4. The number of aromatic amines is 1. The molecule has 3 N–H and O–H groups in total. The summed E-state index contributed by atoms with van der Waals surface area (Å²) in [5, 5.41) is 15.0. The van der Waals surface area contributed by atoms with Crippen molar-refractivity contribution in [2.24, 2.45) is 0 Å². The van der Waals surface area contributed by atoms with Gasteiger partial charge in [-0.15, -0.1) is 0 Å². The number of fused-ring (bicyclic) bond motifs is 1. The van der Waals surface area contributed by atoms with Gasteiger partial charge in [0, 0.05) is 23.7 Å². The molecule has 0 saturated heterocycles. The van der Waals surface area contributed by atoms with Gasteiger partial charge in [0.15, 0.2) is 0 Å². The molecule has 0 saturated carbocycles. The molecule has 0 aliphatic heterocycles. The van der Waals surface area contributed by atoms with Crippen LogP contribution < -0.4 is 10.2 Å². The number of nitrogens with one attached hydrogen (secondary N) is 2. The summed E-state index contributed by atoms with van der Waals surface area (Å²) in [5.74, 6) is 0.390. The molecule has 3 rings (SSSR count).